The van der Waals surface area contributed by atoms with Gasteiger partial charge in [-0.1, -0.05) is 6.92 Å². The maximum atomic E-state index is 12.2. The van der Waals surface area contributed by atoms with Gasteiger partial charge in [-0.3, -0.25) is 4.79 Å². The van der Waals surface area contributed by atoms with Crippen LogP contribution in [0.2, 0.25) is 0 Å². The SMILES string of the molecule is COc1ccc(N)c(SCC(=O)N2CCC(C)CC2)c1. The molecule has 1 aliphatic rings. The maximum absolute atomic E-state index is 12.2. The highest BCUT2D eigenvalue weighted by molar-refractivity contribution is 8.00. The molecule has 20 heavy (non-hydrogen) atoms. The molecule has 0 aromatic heterocycles. The van der Waals surface area contributed by atoms with Crippen LogP contribution in [0.3, 0.4) is 0 Å². The molecule has 4 nitrogen and oxygen atoms in total. The van der Waals surface area contributed by atoms with Gasteiger partial charge in [-0.25, -0.2) is 0 Å². The normalized spacial score (nSPS) is 16.2. The average Bonchev–Trinajstić information content (AvgIpc) is 2.47. The molecule has 1 heterocycles. The van der Waals surface area contributed by atoms with E-state index in [1.807, 2.05) is 23.1 Å². The third kappa shape index (κ3) is 3.82. The Balaban J connectivity index is 1.90. The minimum atomic E-state index is 0.198. The molecule has 0 radical (unpaired) electrons. The molecule has 1 fully saturated rings. The Bertz CT molecular complexity index is 471. The van der Waals surface area contributed by atoms with Gasteiger partial charge < -0.3 is 15.4 Å². The van der Waals surface area contributed by atoms with E-state index in [-0.39, 0.29) is 5.91 Å². The number of anilines is 1. The van der Waals surface area contributed by atoms with Crippen LogP contribution in [0.15, 0.2) is 23.1 Å². The fraction of sp³-hybridized carbons (Fsp3) is 0.533. The average molecular weight is 294 g/mol. The van der Waals surface area contributed by atoms with Gasteiger partial charge in [0.25, 0.3) is 0 Å². The Kier molecular flexibility index (Phi) is 5.17. The lowest BCUT2D eigenvalue weighted by Crippen LogP contribution is -2.38. The van der Waals surface area contributed by atoms with E-state index in [9.17, 15) is 4.79 Å². The van der Waals surface area contributed by atoms with Crippen molar-refractivity contribution in [2.45, 2.75) is 24.7 Å². The van der Waals surface area contributed by atoms with Gasteiger partial charge in [-0.2, -0.15) is 0 Å². The van der Waals surface area contributed by atoms with Gasteiger partial charge in [0.15, 0.2) is 0 Å². The fourth-order valence-corrected chi connectivity index (χ4v) is 3.15. The Morgan fingerprint density at radius 2 is 2.15 bits per heavy atom. The number of hydrogen-bond donors (Lipinski definition) is 1. The van der Waals surface area contributed by atoms with E-state index in [1.54, 1.807) is 7.11 Å². The quantitative estimate of drug-likeness (QED) is 0.685. The summed E-state index contributed by atoms with van der Waals surface area (Å²) >= 11 is 1.48. The van der Waals surface area contributed by atoms with Crippen molar-refractivity contribution in [1.82, 2.24) is 4.90 Å². The third-order valence-corrected chi connectivity index (χ3v) is 4.76. The van der Waals surface area contributed by atoms with Crippen LogP contribution in [-0.2, 0) is 4.79 Å². The number of nitrogens with two attached hydrogens (primary N) is 1. The van der Waals surface area contributed by atoms with Crippen LogP contribution in [0, 0.1) is 5.92 Å². The zero-order valence-corrected chi connectivity index (χ0v) is 12.9. The summed E-state index contributed by atoms with van der Waals surface area (Å²) < 4.78 is 5.18. The van der Waals surface area contributed by atoms with Crippen LogP contribution in [-0.4, -0.2) is 36.8 Å². The topological polar surface area (TPSA) is 55.6 Å². The number of thioether (sulfide) groups is 1. The molecular weight excluding hydrogens is 272 g/mol. The van der Waals surface area contributed by atoms with E-state index in [1.165, 1.54) is 11.8 Å². The van der Waals surface area contributed by atoms with Crippen LogP contribution < -0.4 is 10.5 Å². The number of ether oxygens (including phenoxy) is 1. The number of methoxy groups -OCH3 is 1. The molecule has 1 aromatic rings. The van der Waals surface area contributed by atoms with Crippen LogP contribution in [0.25, 0.3) is 0 Å². The largest absolute Gasteiger partial charge is 0.497 e. The number of carbonyl (C=O) groups excluding carboxylic acids is 1. The number of nitrogen functional groups attached to an aromatic ring is 1. The summed E-state index contributed by atoms with van der Waals surface area (Å²) in [6.07, 6.45) is 2.22. The molecule has 0 atom stereocenters. The van der Waals surface area contributed by atoms with Crippen molar-refractivity contribution in [3.8, 4) is 5.75 Å². The van der Waals surface area contributed by atoms with Gasteiger partial charge in [0.05, 0.1) is 12.9 Å². The third-order valence-electron chi connectivity index (χ3n) is 3.71. The molecule has 5 heteroatoms. The zero-order chi connectivity index (χ0) is 14.5. The number of rotatable bonds is 4. The van der Waals surface area contributed by atoms with E-state index < -0.39 is 0 Å². The van der Waals surface area contributed by atoms with Crippen molar-refractivity contribution >= 4 is 23.4 Å². The van der Waals surface area contributed by atoms with Gasteiger partial charge in [-0.05, 0) is 37.0 Å². The molecule has 0 saturated carbocycles. The predicted molar refractivity (Wildman–Crippen MR) is 83.1 cm³/mol. The molecule has 2 rings (SSSR count). The van der Waals surface area contributed by atoms with Crippen molar-refractivity contribution in [1.29, 1.82) is 0 Å². The first-order valence-electron chi connectivity index (χ1n) is 6.94. The summed E-state index contributed by atoms with van der Waals surface area (Å²) in [5, 5.41) is 0. The van der Waals surface area contributed by atoms with Gasteiger partial charge in [0, 0.05) is 23.7 Å². The Labute approximate surface area is 124 Å². The second-order valence-electron chi connectivity index (χ2n) is 5.26. The minimum absolute atomic E-state index is 0.198. The molecule has 1 saturated heterocycles. The fourth-order valence-electron chi connectivity index (χ4n) is 2.26. The van der Waals surface area contributed by atoms with E-state index in [4.69, 9.17) is 10.5 Å². The van der Waals surface area contributed by atoms with Crippen LogP contribution in [0.1, 0.15) is 19.8 Å². The van der Waals surface area contributed by atoms with E-state index >= 15 is 0 Å². The van der Waals surface area contributed by atoms with Crippen LogP contribution in [0.5, 0.6) is 5.75 Å². The molecule has 110 valence electrons. The number of amides is 1. The summed E-state index contributed by atoms with van der Waals surface area (Å²) in [6, 6.07) is 5.52. The number of benzene rings is 1. The van der Waals surface area contributed by atoms with Gasteiger partial charge >= 0.3 is 0 Å². The lowest BCUT2D eigenvalue weighted by Gasteiger charge is -2.30. The van der Waals surface area contributed by atoms with Crippen LogP contribution in [0.4, 0.5) is 5.69 Å². The molecule has 0 aliphatic carbocycles. The molecular formula is C15H22N2O2S. The zero-order valence-electron chi connectivity index (χ0n) is 12.1. The summed E-state index contributed by atoms with van der Waals surface area (Å²) in [6.45, 7) is 4.01. The Morgan fingerprint density at radius 1 is 1.45 bits per heavy atom. The second kappa shape index (κ2) is 6.88. The van der Waals surface area contributed by atoms with E-state index in [2.05, 4.69) is 6.92 Å². The summed E-state index contributed by atoms with van der Waals surface area (Å²) in [7, 11) is 1.63. The highest BCUT2D eigenvalue weighted by atomic mass is 32.2. The van der Waals surface area contributed by atoms with Crippen molar-refractivity contribution < 1.29 is 9.53 Å². The lowest BCUT2D eigenvalue weighted by atomic mass is 9.99. The minimum Gasteiger partial charge on any atom is -0.497 e. The molecule has 1 amide bonds. The molecule has 0 unspecified atom stereocenters. The van der Waals surface area contributed by atoms with Gasteiger partial charge in [-0.15, -0.1) is 11.8 Å². The molecule has 1 aliphatic heterocycles. The first-order chi connectivity index (χ1) is 9.60. The standard InChI is InChI=1S/C15H22N2O2S/c1-11-5-7-17(8-6-11)15(18)10-20-14-9-12(19-2)3-4-13(14)16/h3-4,9,11H,5-8,10,16H2,1-2H3. The highest BCUT2D eigenvalue weighted by Gasteiger charge is 2.20. The maximum Gasteiger partial charge on any atom is 0.232 e. The van der Waals surface area contributed by atoms with Gasteiger partial charge in [0.1, 0.15) is 5.75 Å². The van der Waals surface area contributed by atoms with E-state index in [0.29, 0.717) is 11.4 Å². The summed E-state index contributed by atoms with van der Waals surface area (Å²) in [5.41, 5.74) is 6.62. The first kappa shape index (κ1) is 15.0. The molecule has 0 bridgehead atoms. The first-order valence-corrected chi connectivity index (χ1v) is 7.93. The molecule has 0 spiro atoms. The van der Waals surface area contributed by atoms with Crippen LogP contribution >= 0.6 is 11.8 Å². The van der Waals surface area contributed by atoms with Crippen molar-refractivity contribution in [3.63, 3.8) is 0 Å². The summed E-state index contributed by atoms with van der Waals surface area (Å²) in [5.74, 6) is 2.14. The Morgan fingerprint density at radius 3 is 2.80 bits per heavy atom. The number of carbonyl (C=O) groups is 1. The van der Waals surface area contributed by atoms with Crippen molar-refractivity contribution in [2.24, 2.45) is 5.92 Å². The van der Waals surface area contributed by atoms with Gasteiger partial charge in [0.2, 0.25) is 5.91 Å². The Hall–Kier alpha value is -1.36. The molecule has 1 aromatic carbocycles. The number of nitrogens with zero attached hydrogens (tertiary/aromatic N) is 1. The van der Waals surface area contributed by atoms with E-state index in [0.717, 1.165) is 42.5 Å². The highest BCUT2D eigenvalue weighted by Crippen LogP contribution is 2.29. The lowest BCUT2D eigenvalue weighted by molar-refractivity contribution is -0.129. The predicted octanol–water partition coefficient (Wildman–Crippen LogP) is 2.63. The van der Waals surface area contributed by atoms with Crippen molar-refractivity contribution in [3.05, 3.63) is 18.2 Å². The monoisotopic (exact) mass is 294 g/mol. The smallest absolute Gasteiger partial charge is 0.232 e. The molecule has 2 N–H and O–H groups in total. The second-order valence-corrected chi connectivity index (χ2v) is 6.27. The number of piperidine rings is 1. The summed E-state index contributed by atoms with van der Waals surface area (Å²) in [4.78, 5) is 15.0. The van der Waals surface area contributed by atoms with Crippen molar-refractivity contribution in [2.75, 3.05) is 31.7 Å². The number of hydrogen-bond acceptors (Lipinski definition) is 4. The number of likely N-dealkylation sites (tertiary alicyclic amines) is 1.